The van der Waals surface area contributed by atoms with Gasteiger partial charge in [0.2, 0.25) is 0 Å². The largest absolute Gasteiger partial charge is 0.441 e. The third kappa shape index (κ3) is 4.81. The van der Waals surface area contributed by atoms with Crippen LogP contribution < -0.4 is 9.80 Å². The molecule has 1 atom stereocenters. The van der Waals surface area contributed by atoms with Crippen molar-refractivity contribution in [3.8, 4) is 0 Å². The number of halogens is 3. The molecule has 1 N–H and O–H groups in total. The van der Waals surface area contributed by atoms with Crippen LogP contribution in [-0.4, -0.2) is 59.4 Å². The minimum Gasteiger partial charge on any atom is -0.441 e. The summed E-state index contributed by atoms with van der Waals surface area (Å²) in [6.07, 6.45) is 0.579. The predicted octanol–water partition coefficient (Wildman–Crippen LogP) is 4.57. The van der Waals surface area contributed by atoms with Gasteiger partial charge in [0.25, 0.3) is 0 Å². The highest BCUT2D eigenvalue weighted by atomic mass is 19.4. The molecule has 2 aliphatic heterocycles. The minimum atomic E-state index is -4.52. The molecule has 2 saturated heterocycles. The maximum atomic E-state index is 13.4. The van der Waals surface area contributed by atoms with Crippen molar-refractivity contribution in [1.29, 1.82) is 0 Å². The van der Waals surface area contributed by atoms with Crippen LogP contribution in [-0.2, 0) is 10.9 Å². The van der Waals surface area contributed by atoms with Crippen LogP contribution in [0.5, 0.6) is 0 Å². The first kappa shape index (κ1) is 23.9. The summed E-state index contributed by atoms with van der Waals surface area (Å²) in [5, 5.41) is 10.7. The lowest BCUT2D eigenvalue weighted by Crippen LogP contribution is -2.48. The Bertz CT molecular complexity index is 1050. The summed E-state index contributed by atoms with van der Waals surface area (Å²) >= 11 is 0. The van der Waals surface area contributed by atoms with Crippen LogP contribution in [0.15, 0.2) is 42.6 Å². The number of carbonyl (C=O) groups is 1. The van der Waals surface area contributed by atoms with Gasteiger partial charge >= 0.3 is 12.3 Å². The monoisotopic (exact) mass is 490 g/mol. The molecule has 188 valence electrons. The van der Waals surface area contributed by atoms with Gasteiger partial charge in [0.05, 0.1) is 24.0 Å². The molecule has 1 spiro atoms. The molecule has 1 unspecified atom stereocenters. The average Bonchev–Trinajstić information content (AvgIpc) is 3.18. The van der Waals surface area contributed by atoms with E-state index in [4.69, 9.17) is 4.74 Å². The lowest BCUT2D eigenvalue weighted by molar-refractivity contribution is -0.140. The zero-order chi connectivity index (χ0) is 24.6. The van der Waals surface area contributed by atoms with Gasteiger partial charge < -0.3 is 14.7 Å². The summed E-state index contributed by atoms with van der Waals surface area (Å²) in [6, 6.07) is 8.84. The molecule has 1 amide bonds. The number of amides is 1. The van der Waals surface area contributed by atoms with Gasteiger partial charge in [-0.25, -0.2) is 9.78 Å². The second-order valence-corrected chi connectivity index (χ2v) is 9.55. The molecule has 3 fully saturated rings. The van der Waals surface area contributed by atoms with Crippen LogP contribution in [0.2, 0.25) is 0 Å². The van der Waals surface area contributed by atoms with Crippen LogP contribution >= 0.6 is 0 Å². The Morgan fingerprint density at radius 3 is 2.37 bits per heavy atom. The standard InChI is InChI=1S/C25H29F3N4O3/c26-25(27,28)20-7-3-2-6-19(20)22(33)31-14-12-30(13-15-31)21-9-8-18(16-29-21)32-17-24(35-23(32)34)10-4-1-5-11-24/h2-3,6-9,16,22,33H,1,4-5,10-15,17H2. The second-order valence-electron chi connectivity index (χ2n) is 9.55. The third-order valence-corrected chi connectivity index (χ3v) is 7.31. The van der Waals surface area contributed by atoms with Gasteiger partial charge in [-0.05, 0) is 43.9 Å². The smallest absolute Gasteiger partial charge is 0.416 e. The van der Waals surface area contributed by atoms with Gasteiger partial charge in [-0.3, -0.25) is 9.80 Å². The number of nitrogens with zero attached hydrogens (tertiary/aromatic N) is 4. The van der Waals surface area contributed by atoms with Gasteiger partial charge in [0.15, 0.2) is 0 Å². The topological polar surface area (TPSA) is 69.1 Å². The Labute approximate surface area is 202 Å². The fraction of sp³-hybridized carbons (Fsp3) is 0.520. The number of aromatic nitrogens is 1. The molecule has 2 aromatic rings. The first-order chi connectivity index (χ1) is 16.8. The van der Waals surface area contributed by atoms with Gasteiger partial charge in [-0.2, -0.15) is 13.2 Å². The lowest BCUT2D eigenvalue weighted by atomic mass is 9.85. The number of aliphatic hydroxyl groups is 1. The van der Waals surface area contributed by atoms with Crippen molar-refractivity contribution in [2.24, 2.45) is 0 Å². The van der Waals surface area contributed by atoms with E-state index >= 15 is 0 Å². The highest BCUT2D eigenvalue weighted by Gasteiger charge is 2.46. The first-order valence-electron chi connectivity index (χ1n) is 12.1. The van der Waals surface area contributed by atoms with Gasteiger partial charge in [0, 0.05) is 31.7 Å². The third-order valence-electron chi connectivity index (χ3n) is 7.31. The maximum Gasteiger partial charge on any atom is 0.416 e. The highest BCUT2D eigenvalue weighted by Crippen LogP contribution is 2.39. The van der Waals surface area contributed by atoms with E-state index < -0.39 is 18.0 Å². The van der Waals surface area contributed by atoms with Gasteiger partial charge in [0.1, 0.15) is 17.6 Å². The Morgan fingerprint density at radius 1 is 1.00 bits per heavy atom. The fourth-order valence-electron chi connectivity index (χ4n) is 5.38. The quantitative estimate of drug-likeness (QED) is 0.677. The summed E-state index contributed by atoms with van der Waals surface area (Å²) in [5.41, 5.74) is -0.638. The molecule has 10 heteroatoms. The van der Waals surface area contributed by atoms with Crippen molar-refractivity contribution < 1.29 is 27.8 Å². The molecule has 0 radical (unpaired) electrons. The van der Waals surface area contributed by atoms with Crippen molar-refractivity contribution in [1.82, 2.24) is 9.88 Å². The molecule has 7 nitrogen and oxygen atoms in total. The molecule has 0 bridgehead atoms. The van der Waals surface area contributed by atoms with Crippen molar-refractivity contribution in [2.45, 2.75) is 50.1 Å². The van der Waals surface area contributed by atoms with E-state index in [-0.39, 0.29) is 17.3 Å². The molecular weight excluding hydrogens is 461 g/mol. The summed E-state index contributed by atoms with van der Waals surface area (Å²) < 4.78 is 45.8. The highest BCUT2D eigenvalue weighted by molar-refractivity contribution is 5.90. The number of hydrogen-bond donors (Lipinski definition) is 1. The summed E-state index contributed by atoms with van der Waals surface area (Å²) in [6.45, 7) is 2.33. The molecule has 35 heavy (non-hydrogen) atoms. The van der Waals surface area contributed by atoms with E-state index in [1.54, 1.807) is 16.0 Å². The second kappa shape index (κ2) is 9.31. The number of piperazine rings is 1. The molecule has 3 aliphatic rings. The normalized spacial score (nSPS) is 21.9. The molecule has 5 rings (SSSR count). The zero-order valence-corrected chi connectivity index (χ0v) is 19.4. The van der Waals surface area contributed by atoms with E-state index in [2.05, 4.69) is 4.98 Å². The molecule has 1 aromatic heterocycles. The number of carbonyl (C=O) groups excluding carboxylic acids is 1. The lowest BCUT2D eigenvalue weighted by Gasteiger charge is -2.38. The number of pyridine rings is 1. The van der Waals surface area contributed by atoms with Crippen LogP contribution in [0.25, 0.3) is 0 Å². The Balaban J connectivity index is 1.21. The number of aliphatic hydroxyl groups excluding tert-OH is 1. The number of benzene rings is 1. The number of anilines is 2. The summed E-state index contributed by atoms with van der Waals surface area (Å²) in [4.78, 5) is 22.3. The van der Waals surface area contributed by atoms with E-state index in [1.165, 1.54) is 24.6 Å². The molecular formula is C25H29F3N4O3. The predicted molar refractivity (Wildman–Crippen MR) is 124 cm³/mol. The zero-order valence-electron chi connectivity index (χ0n) is 19.4. The van der Waals surface area contributed by atoms with Crippen LogP contribution in [0.1, 0.15) is 49.5 Å². The van der Waals surface area contributed by atoms with Crippen LogP contribution in [0.3, 0.4) is 0 Å². The molecule has 1 aliphatic carbocycles. The van der Waals surface area contributed by atoms with Crippen LogP contribution in [0.4, 0.5) is 29.5 Å². The summed E-state index contributed by atoms with van der Waals surface area (Å²) in [5.74, 6) is 0.721. The molecule has 3 heterocycles. The van der Waals surface area contributed by atoms with Crippen LogP contribution in [0, 0.1) is 0 Å². The fourth-order valence-corrected chi connectivity index (χ4v) is 5.38. The Hall–Kier alpha value is -2.85. The maximum absolute atomic E-state index is 13.4. The van der Waals surface area contributed by atoms with Crippen molar-refractivity contribution in [3.63, 3.8) is 0 Å². The number of ether oxygens (including phenoxy) is 1. The summed E-state index contributed by atoms with van der Waals surface area (Å²) in [7, 11) is 0. The first-order valence-corrected chi connectivity index (χ1v) is 12.1. The van der Waals surface area contributed by atoms with Gasteiger partial charge in [-0.1, -0.05) is 24.6 Å². The van der Waals surface area contributed by atoms with Gasteiger partial charge in [-0.15, -0.1) is 0 Å². The Morgan fingerprint density at radius 2 is 1.71 bits per heavy atom. The average molecular weight is 491 g/mol. The van der Waals surface area contributed by atoms with Crippen molar-refractivity contribution in [3.05, 3.63) is 53.7 Å². The van der Waals surface area contributed by atoms with Crippen molar-refractivity contribution in [2.75, 3.05) is 42.5 Å². The number of hydrogen-bond acceptors (Lipinski definition) is 6. The number of alkyl halides is 3. The van der Waals surface area contributed by atoms with E-state index in [0.29, 0.717) is 38.4 Å². The van der Waals surface area contributed by atoms with E-state index in [1.807, 2.05) is 17.0 Å². The molecule has 1 saturated carbocycles. The SMILES string of the molecule is O=C1OC2(CCCCC2)CN1c1ccc(N2CCN(C(O)c3ccccc3C(F)(F)F)CC2)nc1. The number of rotatable bonds is 4. The van der Waals surface area contributed by atoms with E-state index in [9.17, 15) is 23.1 Å². The van der Waals surface area contributed by atoms with Crippen molar-refractivity contribution >= 4 is 17.6 Å². The minimum absolute atomic E-state index is 0.135. The molecule has 1 aromatic carbocycles. The van der Waals surface area contributed by atoms with E-state index in [0.717, 1.165) is 37.6 Å². The Kier molecular flexibility index (Phi) is 6.35.